The molecule has 1 aromatic rings. The van der Waals surface area contributed by atoms with Crippen molar-refractivity contribution in [3.8, 4) is 0 Å². The van der Waals surface area contributed by atoms with Gasteiger partial charge in [0.05, 0.1) is 6.04 Å². The predicted octanol–water partition coefficient (Wildman–Crippen LogP) is 1.03. The Kier molecular flexibility index (Phi) is 5.30. The largest absolute Gasteiger partial charge is 0.481 e. The van der Waals surface area contributed by atoms with Crippen molar-refractivity contribution < 1.29 is 14.4 Å². The van der Waals surface area contributed by atoms with E-state index in [-0.39, 0.29) is 18.4 Å². The molecule has 7 nitrogen and oxygen atoms in total. The van der Waals surface area contributed by atoms with Crippen LogP contribution in [0.4, 0.5) is 0 Å². The van der Waals surface area contributed by atoms with Crippen LogP contribution < -0.4 is 0 Å². The summed E-state index contributed by atoms with van der Waals surface area (Å²) < 4.78 is 5.30. The first-order chi connectivity index (χ1) is 9.95. The van der Waals surface area contributed by atoms with Crippen molar-refractivity contribution in [3.05, 3.63) is 11.7 Å². The lowest BCUT2D eigenvalue weighted by molar-refractivity contribution is -0.137. The number of rotatable bonds is 5. The molecule has 2 atom stereocenters. The lowest BCUT2D eigenvalue weighted by Gasteiger charge is -2.24. The maximum absolute atomic E-state index is 10.7. The highest BCUT2D eigenvalue weighted by atomic mass is 16.5. The van der Waals surface area contributed by atoms with E-state index in [0.29, 0.717) is 18.1 Å². The minimum Gasteiger partial charge on any atom is -0.481 e. The zero-order valence-electron chi connectivity index (χ0n) is 12.9. The Morgan fingerprint density at radius 3 is 2.95 bits per heavy atom. The summed E-state index contributed by atoms with van der Waals surface area (Å²) in [7, 11) is 4.18. The summed E-state index contributed by atoms with van der Waals surface area (Å²) in [5, 5.41) is 12.9. The Morgan fingerprint density at radius 2 is 2.24 bits per heavy atom. The predicted molar refractivity (Wildman–Crippen MR) is 76.9 cm³/mol. The van der Waals surface area contributed by atoms with E-state index in [9.17, 15) is 4.79 Å². The molecular weight excluding hydrogens is 272 g/mol. The number of hydrogen-bond donors (Lipinski definition) is 1. The van der Waals surface area contributed by atoms with E-state index in [2.05, 4.69) is 34.0 Å². The van der Waals surface area contributed by atoms with Crippen molar-refractivity contribution in [3.63, 3.8) is 0 Å². The molecule has 2 heterocycles. The van der Waals surface area contributed by atoms with Crippen LogP contribution in [0.25, 0.3) is 0 Å². The Balaban J connectivity index is 2.02. The second-order valence-corrected chi connectivity index (χ2v) is 6.07. The lowest BCUT2D eigenvalue weighted by Crippen LogP contribution is -2.31. The summed E-state index contributed by atoms with van der Waals surface area (Å²) in [4.78, 5) is 19.7. The monoisotopic (exact) mass is 296 g/mol. The highest BCUT2D eigenvalue weighted by Crippen LogP contribution is 2.21. The summed E-state index contributed by atoms with van der Waals surface area (Å²) in [5.41, 5.74) is 0. The Hall–Kier alpha value is -1.47. The van der Waals surface area contributed by atoms with Crippen LogP contribution in [0.5, 0.6) is 0 Å². The van der Waals surface area contributed by atoms with E-state index in [1.165, 1.54) is 0 Å². The molecule has 0 aromatic carbocycles. The van der Waals surface area contributed by atoms with Gasteiger partial charge in [0.15, 0.2) is 5.82 Å². The van der Waals surface area contributed by atoms with Gasteiger partial charge in [0, 0.05) is 19.4 Å². The van der Waals surface area contributed by atoms with Crippen LogP contribution in [0.1, 0.15) is 37.5 Å². The molecule has 1 N–H and O–H groups in total. The maximum atomic E-state index is 10.7. The van der Waals surface area contributed by atoms with E-state index in [4.69, 9.17) is 9.63 Å². The van der Waals surface area contributed by atoms with Crippen LogP contribution in [0.3, 0.4) is 0 Å². The van der Waals surface area contributed by atoms with Crippen molar-refractivity contribution in [1.29, 1.82) is 0 Å². The number of likely N-dealkylation sites (N-methyl/N-ethyl adjacent to an activating group) is 2. The van der Waals surface area contributed by atoms with Gasteiger partial charge >= 0.3 is 5.97 Å². The van der Waals surface area contributed by atoms with Gasteiger partial charge < -0.3 is 14.5 Å². The average Bonchev–Trinajstić information content (AvgIpc) is 2.75. The van der Waals surface area contributed by atoms with Gasteiger partial charge in [-0.2, -0.15) is 4.98 Å². The summed E-state index contributed by atoms with van der Waals surface area (Å²) in [6.07, 6.45) is 1.75. The molecule has 118 valence electrons. The molecule has 1 aliphatic rings. The Bertz CT molecular complexity index is 477. The van der Waals surface area contributed by atoms with Gasteiger partial charge in [0.1, 0.15) is 0 Å². The first-order valence-electron chi connectivity index (χ1n) is 7.38. The van der Waals surface area contributed by atoms with Crippen LogP contribution in [0, 0.1) is 5.92 Å². The molecule has 1 aliphatic heterocycles. The van der Waals surface area contributed by atoms with Crippen LogP contribution in [-0.2, 0) is 11.2 Å². The smallest absolute Gasteiger partial charge is 0.303 e. The minimum absolute atomic E-state index is 0.00895. The standard InChI is InChI=1S/C14H24N4O3/c1-10(8-13(19)20)7-12-15-14(16-21-12)11-9-17(2)5-4-6-18(11)3/h10-11H,4-9H2,1-3H3,(H,19,20). The third kappa shape index (κ3) is 4.50. The first-order valence-corrected chi connectivity index (χ1v) is 7.38. The third-order valence-corrected chi connectivity index (χ3v) is 3.90. The maximum Gasteiger partial charge on any atom is 0.303 e. The molecule has 0 amide bonds. The molecule has 2 unspecified atom stereocenters. The second-order valence-electron chi connectivity index (χ2n) is 6.07. The van der Waals surface area contributed by atoms with Gasteiger partial charge in [-0.3, -0.25) is 9.69 Å². The number of carboxylic acid groups (broad SMARTS) is 1. The lowest BCUT2D eigenvalue weighted by atomic mass is 10.0. The summed E-state index contributed by atoms with van der Waals surface area (Å²) in [6.45, 7) is 4.83. The van der Waals surface area contributed by atoms with Gasteiger partial charge in [-0.1, -0.05) is 12.1 Å². The normalized spacial score (nSPS) is 22.9. The second kappa shape index (κ2) is 7.00. The van der Waals surface area contributed by atoms with Crippen LogP contribution >= 0.6 is 0 Å². The number of nitrogens with zero attached hydrogens (tertiary/aromatic N) is 4. The highest BCUT2D eigenvalue weighted by Gasteiger charge is 2.26. The number of carboxylic acids is 1. The molecule has 0 bridgehead atoms. The molecule has 2 rings (SSSR count). The Morgan fingerprint density at radius 1 is 1.48 bits per heavy atom. The molecule has 0 saturated carbocycles. The van der Waals surface area contributed by atoms with Gasteiger partial charge in [-0.25, -0.2) is 0 Å². The number of aromatic nitrogens is 2. The van der Waals surface area contributed by atoms with E-state index in [0.717, 1.165) is 26.1 Å². The minimum atomic E-state index is -0.799. The number of carbonyl (C=O) groups is 1. The fourth-order valence-corrected chi connectivity index (χ4v) is 2.71. The van der Waals surface area contributed by atoms with Crippen molar-refractivity contribution in [2.24, 2.45) is 5.92 Å². The third-order valence-electron chi connectivity index (χ3n) is 3.90. The summed E-state index contributed by atoms with van der Waals surface area (Å²) >= 11 is 0. The molecule has 0 spiro atoms. The quantitative estimate of drug-likeness (QED) is 0.869. The van der Waals surface area contributed by atoms with E-state index in [1.54, 1.807) is 0 Å². The van der Waals surface area contributed by atoms with Gasteiger partial charge in [-0.15, -0.1) is 0 Å². The van der Waals surface area contributed by atoms with Gasteiger partial charge in [-0.05, 0) is 39.5 Å². The number of hydrogen-bond acceptors (Lipinski definition) is 6. The van der Waals surface area contributed by atoms with Gasteiger partial charge in [0.25, 0.3) is 0 Å². The Labute approximate surface area is 124 Å². The van der Waals surface area contributed by atoms with Crippen molar-refractivity contribution >= 4 is 5.97 Å². The fourth-order valence-electron chi connectivity index (χ4n) is 2.71. The first kappa shape index (κ1) is 15.9. The molecule has 1 fully saturated rings. The van der Waals surface area contributed by atoms with Crippen LogP contribution in [0.2, 0.25) is 0 Å². The zero-order valence-corrected chi connectivity index (χ0v) is 12.9. The van der Waals surface area contributed by atoms with Crippen molar-refractivity contribution in [1.82, 2.24) is 19.9 Å². The molecular formula is C14H24N4O3. The summed E-state index contributed by atoms with van der Waals surface area (Å²) in [6, 6.07) is 0.129. The van der Waals surface area contributed by atoms with Crippen LogP contribution in [0.15, 0.2) is 4.52 Å². The van der Waals surface area contributed by atoms with E-state index in [1.807, 2.05) is 6.92 Å². The molecule has 0 radical (unpaired) electrons. The van der Waals surface area contributed by atoms with Crippen LogP contribution in [-0.4, -0.2) is 64.7 Å². The summed E-state index contributed by atoms with van der Waals surface area (Å²) in [5.74, 6) is 0.417. The molecule has 0 aliphatic carbocycles. The van der Waals surface area contributed by atoms with E-state index >= 15 is 0 Å². The SMILES string of the molecule is CC(CC(=O)O)Cc1nc(C2CN(C)CCCN2C)no1. The average molecular weight is 296 g/mol. The zero-order chi connectivity index (χ0) is 15.4. The molecule has 1 saturated heterocycles. The topological polar surface area (TPSA) is 82.7 Å². The van der Waals surface area contributed by atoms with Gasteiger partial charge in [0.2, 0.25) is 5.89 Å². The van der Waals surface area contributed by atoms with E-state index < -0.39 is 5.97 Å². The number of aliphatic carboxylic acids is 1. The molecule has 21 heavy (non-hydrogen) atoms. The fraction of sp³-hybridized carbons (Fsp3) is 0.786. The molecule has 7 heteroatoms. The van der Waals surface area contributed by atoms with Crippen molar-refractivity contribution in [2.45, 2.75) is 32.2 Å². The molecule has 1 aromatic heterocycles. The van der Waals surface area contributed by atoms with Crippen molar-refractivity contribution in [2.75, 3.05) is 33.7 Å². The highest BCUT2D eigenvalue weighted by molar-refractivity contribution is 5.66.